The predicted octanol–water partition coefficient (Wildman–Crippen LogP) is 6.44. The van der Waals surface area contributed by atoms with E-state index >= 15 is 0 Å². The van der Waals surface area contributed by atoms with Crippen LogP contribution >= 0.6 is 22.6 Å². The summed E-state index contributed by atoms with van der Waals surface area (Å²) in [6.45, 7) is 9.33. The Morgan fingerprint density at radius 1 is 1.10 bits per heavy atom. The number of hydrogen-bond donors (Lipinski definition) is 0. The second-order valence-corrected chi connectivity index (χ2v) is 7.52. The third kappa shape index (κ3) is 7.10. The predicted molar refractivity (Wildman–Crippen MR) is 99.7 cm³/mol. The Kier molecular flexibility index (Phi) is 8.83. The second kappa shape index (κ2) is 9.81. The van der Waals surface area contributed by atoms with Crippen molar-refractivity contribution in [3.05, 3.63) is 35.4 Å². The molecule has 0 aliphatic carbocycles. The summed E-state index contributed by atoms with van der Waals surface area (Å²) in [6.07, 6.45) is 6.71. The van der Waals surface area contributed by atoms with Crippen LogP contribution in [-0.4, -0.2) is 4.43 Å². The highest BCUT2D eigenvalue weighted by atomic mass is 127. The van der Waals surface area contributed by atoms with Gasteiger partial charge in [0.1, 0.15) is 0 Å². The molecule has 1 aromatic rings. The van der Waals surface area contributed by atoms with Gasteiger partial charge in [0.15, 0.2) is 0 Å². The van der Waals surface area contributed by atoms with Gasteiger partial charge in [0.25, 0.3) is 0 Å². The van der Waals surface area contributed by atoms with Crippen molar-refractivity contribution >= 4 is 22.6 Å². The first-order valence-electron chi connectivity index (χ1n) is 8.16. The number of benzene rings is 1. The fraction of sp³-hybridized carbons (Fsp3) is 0.684. The molecule has 114 valence electrons. The molecule has 0 heterocycles. The summed E-state index contributed by atoms with van der Waals surface area (Å²) >= 11 is 2.58. The van der Waals surface area contributed by atoms with E-state index in [1.807, 2.05) is 0 Å². The highest BCUT2D eigenvalue weighted by molar-refractivity contribution is 14.1. The summed E-state index contributed by atoms with van der Waals surface area (Å²) < 4.78 is 1.30. The van der Waals surface area contributed by atoms with Crippen LogP contribution in [-0.2, 0) is 6.42 Å². The molecule has 0 saturated carbocycles. The molecular formula is C19H31I. The normalized spacial score (nSPS) is 15.8. The largest absolute Gasteiger partial charge is 0.0861 e. The second-order valence-electron chi connectivity index (χ2n) is 6.64. The lowest BCUT2D eigenvalue weighted by Crippen LogP contribution is -2.11. The average Bonchev–Trinajstić information content (AvgIpc) is 2.43. The van der Waals surface area contributed by atoms with Gasteiger partial charge in [0.05, 0.1) is 0 Å². The van der Waals surface area contributed by atoms with Crippen LogP contribution in [0.4, 0.5) is 0 Å². The summed E-state index contributed by atoms with van der Waals surface area (Å²) in [6, 6.07) is 9.00. The molecule has 0 nitrogen and oxygen atoms in total. The molecule has 0 N–H and O–H groups in total. The zero-order chi connectivity index (χ0) is 15.0. The quantitative estimate of drug-likeness (QED) is 0.338. The zero-order valence-corrected chi connectivity index (χ0v) is 15.8. The maximum Gasteiger partial charge on any atom is 0.00239 e. The van der Waals surface area contributed by atoms with Crippen molar-refractivity contribution in [1.82, 2.24) is 0 Å². The van der Waals surface area contributed by atoms with Gasteiger partial charge in [-0.15, -0.1) is 0 Å². The molecule has 1 rings (SSSR count). The van der Waals surface area contributed by atoms with E-state index in [0.717, 1.165) is 17.8 Å². The van der Waals surface area contributed by atoms with Gasteiger partial charge in [-0.2, -0.15) is 0 Å². The Hall–Kier alpha value is -0.0500. The van der Waals surface area contributed by atoms with Crippen molar-refractivity contribution in [3.63, 3.8) is 0 Å². The molecule has 3 atom stereocenters. The summed E-state index contributed by atoms with van der Waals surface area (Å²) in [5, 5.41) is 0. The Bertz CT molecular complexity index is 372. The fourth-order valence-electron chi connectivity index (χ4n) is 3.02. The summed E-state index contributed by atoms with van der Waals surface area (Å²) in [5.41, 5.74) is 2.90. The third-order valence-electron chi connectivity index (χ3n) is 4.38. The molecule has 0 aromatic heterocycles. The molecule has 1 heteroatoms. The first-order chi connectivity index (χ1) is 9.55. The first kappa shape index (κ1) is 18.0. The Morgan fingerprint density at radius 3 is 2.45 bits per heavy atom. The van der Waals surface area contributed by atoms with Crippen LogP contribution < -0.4 is 0 Å². The molecule has 0 bridgehead atoms. The fourth-order valence-corrected chi connectivity index (χ4v) is 3.82. The minimum absolute atomic E-state index is 0.877. The van der Waals surface area contributed by atoms with Crippen molar-refractivity contribution < 1.29 is 0 Å². The van der Waals surface area contributed by atoms with Gasteiger partial charge >= 0.3 is 0 Å². The van der Waals surface area contributed by atoms with Crippen molar-refractivity contribution in [1.29, 1.82) is 0 Å². The summed E-state index contributed by atoms with van der Waals surface area (Å²) in [5.74, 6) is 2.65. The molecule has 20 heavy (non-hydrogen) atoms. The van der Waals surface area contributed by atoms with E-state index in [0.29, 0.717) is 0 Å². The van der Waals surface area contributed by atoms with E-state index in [2.05, 4.69) is 74.6 Å². The average molecular weight is 386 g/mol. The van der Waals surface area contributed by atoms with Crippen LogP contribution in [0.15, 0.2) is 24.3 Å². The van der Waals surface area contributed by atoms with Gasteiger partial charge in [-0.25, -0.2) is 0 Å². The molecular weight excluding hydrogens is 355 g/mol. The molecule has 0 radical (unpaired) electrons. The van der Waals surface area contributed by atoms with E-state index in [9.17, 15) is 0 Å². The monoisotopic (exact) mass is 386 g/mol. The lowest BCUT2D eigenvalue weighted by atomic mass is 9.86. The lowest BCUT2D eigenvalue weighted by Gasteiger charge is -2.21. The van der Waals surface area contributed by atoms with Gasteiger partial charge in [-0.05, 0) is 55.9 Å². The van der Waals surface area contributed by atoms with Crippen LogP contribution in [0.1, 0.15) is 57.6 Å². The topological polar surface area (TPSA) is 0 Å². The van der Waals surface area contributed by atoms with Gasteiger partial charge in [-0.1, -0.05) is 79.6 Å². The van der Waals surface area contributed by atoms with Crippen molar-refractivity contribution in [2.24, 2.45) is 17.8 Å². The molecule has 0 amide bonds. The van der Waals surface area contributed by atoms with E-state index in [1.54, 1.807) is 0 Å². The van der Waals surface area contributed by atoms with Crippen molar-refractivity contribution in [3.8, 4) is 0 Å². The highest BCUT2D eigenvalue weighted by Gasteiger charge is 2.14. The smallest absolute Gasteiger partial charge is 0.00239 e. The number of aryl methyl sites for hydroxylation is 2. The molecule has 0 aliphatic heterocycles. The van der Waals surface area contributed by atoms with E-state index in [-0.39, 0.29) is 0 Å². The zero-order valence-electron chi connectivity index (χ0n) is 13.7. The van der Waals surface area contributed by atoms with Crippen molar-refractivity contribution in [2.75, 3.05) is 4.43 Å². The molecule has 0 spiro atoms. The van der Waals surface area contributed by atoms with Crippen LogP contribution in [0.5, 0.6) is 0 Å². The van der Waals surface area contributed by atoms with Crippen molar-refractivity contribution in [2.45, 2.75) is 59.8 Å². The van der Waals surface area contributed by atoms with Gasteiger partial charge < -0.3 is 0 Å². The molecule has 0 saturated heterocycles. The van der Waals surface area contributed by atoms with Crippen LogP contribution in [0.2, 0.25) is 0 Å². The molecule has 0 fully saturated rings. The number of halogens is 1. The van der Waals surface area contributed by atoms with Crippen LogP contribution in [0.25, 0.3) is 0 Å². The van der Waals surface area contributed by atoms with E-state index in [1.165, 1.54) is 47.7 Å². The standard InChI is InChI=1S/C19H31I/c1-5-15(2)11-17(4)13-19(14-20)10-9-18-8-6-7-16(3)12-18/h6-8,12,15,17,19H,5,9-11,13-14H2,1-4H3. The molecule has 0 aliphatic rings. The molecule has 1 aromatic carbocycles. The minimum atomic E-state index is 0.877. The molecule has 3 unspecified atom stereocenters. The summed E-state index contributed by atoms with van der Waals surface area (Å²) in [4.78, 5) is 0. The maximum atomic E-state index is 2.58. The summed E-state index contributed by atoms with van der Waals surface area (Å²) in [7, 11) is 0. The van der Waals surface area contributed by atoms with Gasteiger partial charge in [0, 0.05) is 4.43 Å². The van der Waals surface area contributed by atoms with Gasteiger partial charge in [-0.3, -0.25) is 0 Å². The van der Waals surface area contributed by atoms with Crippen LogP contribution in [0, 0.1) is 24.7 Å². The van der Waals surface area contributed by atoms with Gasteiger partial charge in [0.2, 0.25) is 0 Å². The Morgan fingerprint density at radius 2 is 1.85 bits per heavy atom. The minimum Gasteiger partial charge on any atom is -0.0861 e. The number of alkyl halides is 1. The highest BCUT2D eigenvalue weighted by Crippen LogP contribution is 2.25. The SMILES string of the molecule is CCC(C)CC(C)CC(CI)CCc1cccc(C)c1. The van der Waals surface area contributed by atoms with E-state index < -0.39 is 0 Å². The Labute approximate surface area is 139 Å². The Balaban J connectivity index is 2.39. The third-order valence-corrected chi connectivity index (χ3v) is 5.62. The maximum absolute atomic E-state index is 2.58. The number of rotatable bonds is 9. The lowest BCUT2D eigenvalue weighted by molar-refractivity contribution is 0.334. The van der Waals surface area contributed by atoms with Crippen LogP contribution in [0.3, 0.4) is 0 Å². The van der Waals surface area contributed by atoms with E-state index in [4.69, 9.17) is 0 Å². The number of hydrogen-bond acceptors (Lipinski definition) is 0. The first-order valence-corrected chi connectivity index (χ1v) is 9.69.